The molecule has 0 aromatic heterocycles. The van der Waals surface area contributed by atoms with Gasteiger partial charge in [-0.05, 0) is 26.2 Å². The largest absolute Gasteiger partial charge is 0.375 e. The molecule has 1 nitrogen and oxygen atoms in total. The first-order valence-corrected chi connectivity index (χ1v) is 4.32. The topological polar surface area (TPSA) is 3.24 Å². The van der Waals surface area contributed by atoms with Gasteiger partial charge in [-0.1, -0.05) is 13.0 Å². The van der Waals surface area contributed by atoms with Gasteiger partial charge in [0.25, 0.3) is 0 Å². The van der Waals surface area contributed by atoms with Crippen LogP contribution in [0.2, 0.25) is 0 Å². The Kier molecular flexibility index (Phi) is 2.79. The van der Waals surface area contributed by atoms with Crippen LogP contribution in [-0.4, -0.2) is 18.0 Å². The van der Waals surface area contributed by atoms with Crippen molar-refractivity contribution < 1.29 is 0 Å². The van der Waals surface area contributed by atoms with Crippen molar-refractivity contribution >= 4 is 0 Å². The van der Waals surface area contributed by atoms with Crippen LogP contribution < -0.4 is 0 Å². The molecular weight excluding hydrogens is 122 g/mol. The van der Waals surface area contributed by atoms with Crippen molar-refractivity contribution in [2.45, 2.75) is 33.1 Å². The van der Waals surface area contributed by atoms with Gasteiger partial charge >= 0.3 is 0 Å². The monoisotopic (exact) mass is 139 g/mol. The number of rotatable bonds is 2. The molecule has 0 atom stereocenters. The van der Waals surface area contributed by atoms with Gasteiger partial charge in [-0.3, -0.25) is 0 Å². The summed E-state index contributed by atoms with van der Waals surface area (Å²) in [4.78, 5) is 2.48. The van der Waals surface area contributed by atoms with Crippen molar-refractivity contribution in [3.05, 3.63) is 11.8 Å². The Balaban J connectivity index is 2.53. The number of allylic oxidation sites excluding steroid dienone is 2. The first kappa shape index (κ1) is 7.64. The second-order valence-corrected chi connectivity index (χ2v) is 2.77. The average Bonchev–Trinajstić information content (AvgIpc) is 2.04. The third-order valence-electron chi connectivity index (χ3n) is 2.16. The van der Waals surface area contributed by atoms with Gasteiger partial charge < -0.3 is 4.90 Å². The summed E-state index contributed by atoms with van der Waals surface area (Å²) in [7, 11) is 0. The molecule has 0 spiro atoms. The lowest BCUT2D eigenvalue weighted by Gasteiger charge is -2.28. The van der Waals surface area contributed by atoms with E-state index >= 15 is 0 Å². The lowest BCUT2D eigenvalue weighted by Crippen LogP contribution is -2.26. The van der Waals surface area contributed by atoms with Crippen molar-refractivity contribution in [1.82, 2.24) is 4.90 Å². The zero-order valence-corrected chi connectivity index (χ0v) is 7.06. The van der Waals surface area contributed by atoms with Gasteiger partial charge in [-0.15, -0.1) is 0 Å². The molecule has 10 heavy (non-hydrogen) atoms. The van der Waals surface area contributed by atoms with E-state index in [-0.39, 0.29) is 0 Å². The Hall–Kier alpha value is -0.460. The zero-order valence-electron chi connectivity index (χ0n) is 7.06. The first-order chi connectivity index (χ1) is 4.88. The molecule has 1 aliphatic heterocycles. The molecule has 1 aliphatic rings. The molecule has 1 heteroatoms. The third kappa shape index (κ3) is 1.53. The molecule has 0 fully saturated rings. The van der Waals surface area contributed by atoms with Crippen LogP contribution in [-0.2, 0) is 0 Å². The van der Waals surface area contributed by atoms with E-state index in [0.717, 1.165) is 0 Å². The molecule has 0 saturated carbocycles. The summed E-state index contributed by atoms with van der Waals surface area (Å²) in [6, 6.07) is 0. The number of nitrogens with zero attached hydrogens (tertiary/aromatic N) is 1. The molecule has 0 aliphatic carbocycles. The van der Waals surface area contributed by atoms with Gasteiger partial charge in [-0.25, -0.2) is 0 Å². The molecule has 58 valence electrons. The van der Waals surface area contributed by atoms with Crippen molar-refractivity contribution in [3.8, 4) is 0 Å². The maximum atomic E-state index is 2.48. The molecule has 0 bridgehead atoms. The normalized spacial score (nSPS) is 19.0. The van der Waals surface area contributed by atoms with E-state index in [4.69, 9.17) is 0 Å². The summed E-state index contributed by atoms with van der Waals surface area (Å²) in [5.41, 5.74) is 1.55. The summed E-state index contributed by atoms with van der Waals surface area (Å²) in [5.74, 6) is 0. The summed E-state index contributed by atoms with van der Waals surface area (Å²) in [6.45, 7) is 6.92. The summed E-state index contributed by atoms with van der Waals surface area (Å²) in [5, 5.41) is 0. The Bertz CT molecular complexity index is 127. The molecule has 0 unspecified atom stereocenters. The first-order valence-electron chi connectivity index (χ1n) is 4.32. The Morgan fingerprint density at radius 2 is 2.30 bits per heavy atom. The highest BCUT2D eigenvalue weighted by atomic mass is 15.1. The zero-order chi connectivity index (χ0) is 7.40. The average molecular weight is 139 g/mol. The van der Waals surface area contributed by atoms with Crippen molar-refractivity contribution in [1.29, 1.82) is 0 Å². The lowest BCUT2D eigenvalue weighted by molar-refractivity contribution is 0.330. The van der Waals surface area contributed by atoms with Crippen LogP contribution in [0.1, 0.15) is 33.1 Å². The second kappa shape index (κ2) is 3.65. The van der Waals surface area contributed by atoms with Gasteiger partial charge in [0.05, 0.1) is 0 Å². The molecule has 0 saturated heterocycles. The lowest BCUT2D eigenvalue weighted by atomic mass is 10.1. The molecular formula is C9H17N. The highest BCUT2D eigenvalue weighted by Crippen LogP contribution is 2.16. The summed E-state index contributed by atoms with van der Waals surface area (Å²) in [6.07, 6.45) is 6.22. The minimum absolute atomic E-state index is 1.18. The SMILES string of the molecule is CCC1=CCCCN1CC. The minimum Gasteiger partial charge on any atom is -0.375 e. The molecule has 0 amide bonds. The van der Waals surface area contributed by atoms with Gasteiger partial charge in [0.2, 0.25) is 0 Å². The quantitative estimate of drug-likeness (QED) is 0.568. The van der Waals surface area contributed by atoms with E-state index in [0.29, 0.717) is 0 Å². The fourth-order valence-corrected chi connectivity index (χ4v) is 1.55. The Morgan fingerprint density at radius 1 is 1.50 bits per heavy atom. The smallest absolute Gasteiger partial charge is 0.0177 e. The molecule has 1 rings (SSSR count). The van der Waals surface area contributed by atoms with Crippen LogP contribution in [0.3, 0.4) is 0 Å². The predicted molar refractivity (Wildman–Crippen MR) is 44.9 cm³/mol. The van der Waals surface area contributed by atoms with Crippen LogP contribution >= 0.6 is 0 Å². The molecule has 0 radical (unpaired) electrons. The van der Waals surface area contributed by atoms with Crippen LogP contribution in [0.25, 0.3) is 0 Å². The standard InChI is InChI=1S/C9H17N/c1-3-9-7-5-6-8-10(9)4-2/h7H,3-6,8H2,1-2H3. The third-order valence-corrected chi connectivity index (χ3v) is 2.16. The van der Waals surface area contributed by atoms with Gasteiger partial charge in [0, 0.05) is 18.8 Å². The second-order valence-electron chi connectivity index (χ2n) is 2.77. The number of hydrogen-bond donors (Lipinski definition) is 0. The van der Waals surface area contributed by atoms with E-state index in [1.54, 1.807) is 5.70 Å². The Morgan fingerprint density at radius 3 is 2.80 bits per heavy atom. The van der Waals surface area contributed by atoms with Crippen LogP contribution in [0, 0.1) is 0 Å². The summed E-state index contributed by atoms with van der Waals surface area (Å²) < 4.78 is 0. The van der Waals surface area contributed by atoms with E-state index in [1.807, 2.05) is 0 Å². The van der Waals surface area contributed by atoms with E-state index in [9.17, 15) is 0 Å². The van der Waals surface area contributed by atoms with E-state index in [2.05, 4.69) is 24.8 Å². The van der Waals surface area contributed by atoms with Crippen molar-refractivity contribution in [3.63, 3.8) is 0 Å². The van der Waals surface area contributed by atoms with Crippen LogP contribution in [0.4, 0.5) is 0 Å². The van der Waals surface area contributed by atoms with Gasteiger partial charge in [0.15, 0.2) is 0 Å². The van der Waals surface area contributed by atoms with Crippen molar-refractivity contribution in [2.24, 2.45) is 0 Å². The van der Waals surface area contributed by atoms with Crippen LogP contribution in [0.15, 0.2) is 11.8 Å². The predicted octanol–water partition coefficient (Wildman–Crippen LogP) is 2.40. The highest BCUT2D eigenvalue weighted by Gasteiger charge is 2.08. The van der Waals surface area contributed by atoms with E-state index in [1.165, 1.54) is 32.4 Å². The molecule has 1 heterocycles. The molecule has 0 N–H and O–H groups in total. The fraction of sp³-hybridized carbons (Fsp3) is 0.778. The molecule has 0 aromatic rings. The van der Waals surface area contributed by atoms with E-state index < -0.39 is 0 Å². The summed E-state index contributed by atoms with van der Waals surface area (Å²) >= 11 is 0. The minimum atomic E-state index is 1.18. The van der Waals surface area contributed by atoms with Crippen LogP contribution in [0.5, 0.6) is 0 Å². The van der Waals surface area contributed by atoms with Crippen molar-refractivity contribution in [2.75, 3.05) is 13.1 Å². The molecule has 0 aromatic carbocycles. The number of hydrogen-bond acceptors (Lipinski definition) is 1. The Labute approximate surface area is 63.7 Å². The highest BCUT2D eigenvalue weighted by molar-refractivity contribution is 5.03. The van der Waals surface area contributed by atoms with Gasteiger partial charge in [-0.2, -0.15) is 0 Å². The van der Waals surface area contributed by atoms with Gasteiger partial charge in [0.1, 0.15) is 0 Å². The maximum Gasteiger partial charge on any atom is 0.0177 e. The fourth-order valence-electron chi connectivity index (χ4n) is 1.55. The maximum absolute atomic E-state index is 2.48.